The number of aromatic hydroxyl groups is 1. The van der Waals surface area contributed by atoms with Crippen LogP contribution in [0.25, 0.3) is 33.1 Å². The number of phenolic OH excluding ortho intramolecular Hbond substituents is 1. The maximum atomic E-state index is 11.1. The van der Waals surface area contributed by atoms with E-state index in [4.69, 9.17) is 21.7 Å². The number of nitrogens with zero attached hydrogens (tertiary/aromatic N) is 1. The fraction of sp³-hybridized carbons (Fsp3) is 0. The quantitative estimate of drug-likeness (QED) is 0.139. The molecule has 5 aromatic rings. The second-order valence-electron chi connectivity index (χ2n) is 7.73. The van der Waals surface area contributed by atoms with E-state index in [1.54, 1.807) is 18.2 Å². The maximum Gasteiger partial charge on any atom is 0.335 e. The van der Waals surface area contributed by atoms with E-state index in [1.165, 1.54) is 18.3 Å². The van der Waals surface area contributed by atoms with Crippen molar-refractivity contribution in [2.24, 2.45) is 5.10 Å². The number of carboxylic acids is 1. The van der Waals surface area contributed by atoms with Crippen molar-refractivity contribution in [3.05, 3.63) is 96.1 Å². The summed E-state index contributed by atoms with van der Waals surface area (Å²) in [6, 6.07) is 25.2. The molecule has 172 valence electrons. The molecule has 7 nitrogen and oxygen atoms in total. The number of phenols is 1. The van der Waals surface area contributed by atoms with Gasteiger partial charge in [0.1, 0.15) is 16.9 Å². The molecule has 0 atom stereocenters. The van der Waals surface area contributed by atoms with Gasteiger partial charge in [-0.25, -0.2) is 4.79 Å². The Kier molecular flexibility index (Phi) is 5.87. The monoisotopic (exact) mass is 481 g/mol. The summed E-state index contributed by atoms with van der Waals surface area (Å²) in [6.07, 6.45) is 1.47. The minimum Gasteiger partial charge on any atom is -0.507 e. The molecular formula is C27H19N3O4S. The fourth-order valence-corrected chi connectivity index (χ4v) is 4.10. The number of nitrogens with one attached hydrogen (secondary N) is 2. The fourth-order valence-electron chi connectivity index (χ4n) is 3.93. The summed E-state index contributed by atoms with van der Waals surface area (Å²) in [6.45, 7) is 0. The molecular weight excluding hydrogens is 462 g/mol. The number of carbonyl (C=O) groups is 1. The number of carboxylic acid groups (broad SMARTS) is 1. The van der Waals surface area contributed by atoms with Gasteiger partial charge in [0, 0.05) is 27.6 Å². The second kappa shape index (κ2) is 9.28. The van der Waals surface area contributed by atoms with Gasteiger partial charge in [-0.05, 0) is 54.2 Å². The first-order valence-electron chi connectivity index (χ1n) is 10.7. The van der Waals surface area contributed by atoms with E-state index in [0.717, 1.165) is 27.5 Å². The standard InChI is InChI=1S/C27H19N3O4S/c31-25-17(15-28-30-27(35)29-18-8-3-6-16(14-18)26(32)33)7-4-11-20(25)19-10-5-13-23-24(19)21-9-1-2-12-22(21)34-23/h1-15,31H,(H,32,33)(H2,29,30,35)/b28-15-. The summed E-state index contributed by atoms with van der Waals surface area (Å²) in [4.78, 5) is 11.1. The molecule has 0 radical (unpaired) electrons. The number of hydrogen-bond acceptors (Lipinski definition) is 5. The van der Waals surface area contributed by atoms with Gasteiger partial charge in [-0.1, -0.05) is 48.5 Å². The van der Waals surface area contributed by atoms with Crippen molar-refractivity contribution in [2.75, 3.05) is 5.32 Å². The SMILES string of the molecule is O=C(O)c1cccc(NC(=S)N/N=C\c2cccc(-c3cccc4oc5ccccc5c34)c2O)c1. The molecule has 0 aliphatic carbocycles. The Morgan fingerprint density at radius 1 is 0.914 bits per heavy atom. The lowest BCUT2D eigenvalue weighted by Crippen LogP contribution is -2.24. The Morgan fingerprint density at radius 3 is 2.51 bits per heavy atom. The average molecular weight is 482 g/mol. The Bertz CT molecular complexity index is 1620. The van der Waals surface area contributed by atoms with Crippen molar-refractivity contribution in [3.8, 4) is 16.9 Å². The first-order valence-corrected chi connectivity index (χ1v) is 11.1. The van der Waals surface area contributed by atoms with Gasteiger partial charge >= 0.3 is 5.97 Å². The number of thiocarbonyl (C=S) groups is 1. The molecule has 0 saturated carbocycles. The highest BCUT2D eigenvalue weighted by Crippen LogP contribution is 2.40. The van der Waals surface area contributed by atoms with E-state index in [1.807, 2.05) is 54.6 Å². The van der Waals surface area contributed by atoms with Crippen molar-refractivity contribution in [1.82, 2.24) is 5.43 Å². The number of hydrazone groups is 1. The number of fused-ring (bicyclic) bond motifs is 3. The zero-order valence-electron chi connectivity index (χ0n) is 18.2. The van der Waals surface area contributed by atoms with E-state index in [2.05, 4.69) is 15.8 Å². The zero-order chi connectivity index (χ0) is 24.4. The van der Waals surface area contributed by atoms with Gasteiger partial charge in [0.25, 0.3) is 0 Å². The van der Waals surface area contributed by atoms with Crippen LogP contribution in [0.5, 0.6) is 5.75 Å². The molecule has 0 unspecified atom stereocenters. The number of para-hydroxylation sites is 2. The van der Waals surface area contributed by atoms with E-state index in [9.17, 15) is 9.90 Å². The minimum atomic E-state index is -1.03. The molecule has 0 bridgehead atoms. The lowest BCUT2D eigenvalue weighted by molar-refractivity contribution is 0.0697. The number of aromatic carboxylic acids is 1. The molecule has 35 heavy (non-hydrogen) atoms. The molecule has 1 aromatic heterocycles. The molecule has 0 spiro atoms. The van der Waals surface area contributed by atoms with E-state index < -0.39 is 5.97 Å². The lowest BCUT2D eigenvalue weighted by Gasteiger charge is -2.10. The lowest BCUT2D eigenvalue weighted by atomic mass is 9.97. The number of hydrogen-bond donors (Lipinski definition) is 4. The number of benzene rings is 4. The summed E-state index contributed by atoms with van der Waals surface area (Å²) in [5.74, 6) is -0.955. The van der Waals surface area contributed by atoms with Gasteiger partial charge in [0.05, 0.1) is 11.8 Å². The van der Waals surface area contributed by atoms with Gasteiger partial charge < -0.3 is 19.9 Å². The summed E-state index contributed by atoms with van der Waals surface area (Å²) in [5.41, 5.74) is 6.86. The largest absolute Gasteiger partial charge is 0.507 e. The van der Waals surface area contributed by atoms with Crippen molar-refractivity contribution >= 4 is 57.1 Å². The third kappa shape index (κ3) is 4.42. The third-order valence-electron chi connectivity index (χ3n) is 5.50. The highest BCUT2D eigenvalue weighted by atomic mass is 32.1. The van der Waals surface area contributed by atoms with E-state index >= 15 is 0 Å². The van der Waals surface area contributed by atoms with Crippen LogP contribution < -0.4 is 10.7 Å². The summed E-state index contributed by atoms with van der Waals surface area (Å²) < 4.78 is 5.97. The van der Waals surface area contributed by atoms with Crippen LogP contribution in [-0.4, -0.2) is 27.5 Å². The van der Waals surface area contributed by atoms with Crippen LogP contribution in [0.3, 0.4) is 0 Å². The molecule has 1 heterocycles. The molecule has 0 fully saturated rings. The van der Waals surface area contributed by atoms with Gasteiger partial charge in [-0.3, -0.25) is 5.43 Å². The molecule has 0 saturated heterocycles. The maximum absolute atomic E-state index is 11.1. The van der Waals surface area contributed by atoms with E-state index in [-0.39, 0.29) is 16.4 Å². The van der Waals surface area contributed by atoms with Crippen molar-refractivity contribution in [1.29, 1.82) is 0 Å². The van der Waals surface area contributed by atoms with Crippen molar-refractivity contribution in [3.63, 3.8) is 0 Å². The second-order valence-corrected chi connectivity index (χ2v) is 8.14. The Hall–Kier alpha value is -4.69. The molecule has 4 N–H and O–H groups in total. The summed E-state index contributed by atoms with van der Waals surface area (Å²) in [5, 5.41) is 29.2. The van der Waals surface area contributed by atoms with Crippen molar-refractivity contribution in [2.45, 2.75) is 0 Å². The molecule has 5 rings (SSSR count). The highest BCUT2D eigenvalue weighted by Gasteiger charge is 2.15. The van der Waals surface area contributed by atoms with Crippen LogP contribution in [0.2, 0.25) is 0 Å². The van der Waals surface area contributed by atoms with Crippen LogP contribution in [0.4, 0.5) is 5.69 Å². The Labute approximate surface area is 205 Å². The molecule has 8 heteroatoms. The molecule has 0 aliphatic heterocycles. The van der Waals surface area contributed by atoms with Crippen LogP contribution >= 0.6 is 12.2 Å². The zero-order valence-corrected chi connectivity index (χ0v) is 19.0. The van der Waals surface area contributed by atoms with E-state index in [0.29, 0.717) is 16.8 Å². The minimum absolute atomic E-state index is 0.0730. The van der Waals surface area contributed by atoms with Crippen molar-refractivity contribution < 1.29 is 19.4 Å². The van der Waals surface area contributed by atoms with Crippen LogP contribution in [-0.2, 0) is 0 Å². The van der Waals surface area contributed by atoms with Gasteiger partial charge in [0.15, 0.2) is 5.11 Å². The first-order chi connectivity index (χ1) is 17.0. The Morgan fingerprint density at radius 2 is 1.66 bits per heavy atom. The first kappa shape index (κ1) is 22.1. The predicted molar refractivity (Wildman–Crippen MR) is 141 cm³/mol. The number of furan rings is 1. The molecule has 4 aromatic carbocycles. The third-order valence-corrected chi connectivity index (χ3v) is 5.69. The van der Waals surface area contributed by atoms with Gasteiger partial charge in [0.2, 0.25) is 0 Å². The van der Waals surface area contributed by atoms with Gasteiger partial charge in [-0.2, -0.15) is 5.10 Å². The molecule has 0 aliphatic rings. The normalized spacial score (nSPS) is 11.2. The number of rotatable bonds is 5. The Balaban J connectivity index is 1.39. The predicted octanol–water partition coefficient (Wildman–Crippen LogP) is 5.98. The average Bonchev–Trinajstić information content (AvgIpc) is 3.24. The summed E-state index contributed by atoms with van der Waals surface area (Å²) >= 11 is 5.23. The number of anilines is 1. The highest BCUT2D eigenvalue weighted by molar-refractivity contribution is 7.80. The van der Waals surface area contributed by atoms with Crippen LogP contribution in [0, 0.1) is 0 Å². The summed E-state index contributed by atoms with van der Waals surface area (Å²) in [7, 11) is 0. The smallest absolute Gasteiger partial charge is 0.335 e. The molecule has 0 amide bonds. The van der Waals surface area contributed by atoms with Crippen LogP contribution in [0.15, 0.2) is 94.4 Å². The van der Waals surface area contributed by atoms with Gasteiger partial charge in [-0.15, -0.1) is 0 Å². The topological polar surface area (TPSA) is 107 Å². The van der Waals surface area contributed by atoms with Crippen LogP contribution in [0.1, 0.15) is 15.9 Å².